The van der Waals surface area contributed by atoms with Crippen molar-refractivity contribution in [1.29, 1.82) is 0 Å². The number of anilines is 2. The molecule has 0 spiro atoms. The predicted octanol–water partition coefficient (Wildman–Crippen LogP) is 3.26. The first-order chi connectivity index (χ1) is 7.75. The molecule has 0 radical (unpaired) electrons. The largest absolute Gasteiger partial charge is 0.381 e. The van der Waals surface area contributed by atoms with Gasteiger partial charge in [0, 0.05) is 25.2 Å². The first-order valence-corrected chi connectivity index (χ1v) is 6.13. The van der Waals surface area contributed by atoms with Crippen molar-refractivity contribution in [3.05, 3.63) is 23.0 Å². The Morgan fingerprint density at radius 2 is 2.25 bits per heavy atom. The third kappa shape index (κ3) is 1.54. The lowest BCUT2D eigenvalue weighted by atomic mass is 9.98. The van der Waals surface area contributed by atoms with Crippen molar-refractivity contribution in [2.24, 2.45) is 0 Å². The molecule has 1 N–H and O–H groups in total. The molecule has 16 heavy (non-hydrogen) atoms. The van der Waals surface area contributed by atoms with E-state index in [1.54, 1.807) is 12.1 Å². The van der Waals surface area contributed by atoms with Crippen LogP contribution in [0.15, 0.2) is 12.1 Å². The Balaban J connectivity index is 2.04. The van der Waals surface area contributed by atoms with Gasteiger partial charge < -0.3 is 10.2 Å². The van der Waals surface area contributed by atoms with Gasteiger partial charge in [-0.25, -0.2) is 4.39 Å². The lowest BCUT2D eigenvalue weighted by molar-refractivity contribution is 0.465. The van der Waals surface area contributed by atoms with Gasteiger partial charge in [0.25, 0.3) is 0 Å². The van der Waals surface area contributed by atoms with E-state index >= 15 is 0 Å². The summed E-state index contributed by atoms with van der Waals surface area (Å²) in [5.41, 5.74) is 1.93. The van der Waals surface area contributed by atoms with Crippen LogP contribution in [0.1, 0.15) is 19.3 Å². The molecule has 86 valence electrons. The highest BCUT2D eigenvalue weighted by atomic mass is 35.5. The summed E-state index contributed by atoms with van der Waals surface area (Å²) in [6, 6.07) is 3.76. The molecule has 1 saturated heterocycles. The second-order valence-electron chi connectivity index (χ2n) is 4.51. The van der Waals surface area contributed by atoms with Gasteiger partial charge >= 0.3 is 0 Å². The van der Waals surface area contributed by atoms with Gasteiger partial charge in [-0.3, -0.25) is 0 Å². The molecule has 1 atom stereocenters. The van der Waals surface area contributed by atoms with E-state index in [1.165, 1.54) is 19.3 Å². The Bertz CT molecular complexity index is 422. The van der Waals surface area contributed by atoms with E-state index in [1.807, 2.05) is 0 Å². The average Bonchev–Trinajstić information content (AvgIpc) is 2.31. The number of benzene rings is 1. The van der Waals surface area contributed by atoms with Crippen molar-refractivity contribution in [2.45, 2.75) is 25.3 Å². The summed E-state index contributed by atoms with van der Waals surface area (Å²) < 4.78 is 13.5. The molecule has 0 saturated carbocycles. The van der Waals surface area contributed by atoms with Crippen molar-refractivity contribution in [2.75, 3.05) is 23.3 Å². The molecule has 2 nitrogen and oxygen atoms in total. The zero-order valence-corrected chi connectivity index (χ0v) is 9.73. The molecule has 1 aromatic rings. The van der Waals surface area contributed by atoms with E-state index in [9.17, 15) is 4.39 Å². The molecule has 4 heteroatoms. The SMILES string of the molecule is Fc1cc2c(cc1Cl)NCC1CCCCN21. The van der Waals surface area contributed by atoms with Crippen LogP contribution in [0, 0.1) is 5.82 Å². The zero-order chi connectivity index (χ0) is 11.1. The van der Waals surface area contributed by atoms with Gasteiger partial charge in [-0.15, -0.1) is 0 Å². The maximum absolute atomic E-state index is 13.5. The maximum atomic E-state index is 13.5. The topological polar surface area (TPSA) is 15.3 Å². The Morgan fingerprint density at radius 1 is 1.38 bits per heavy atom. The monoisotopic (exact) mass is 240 g/mol. The van der Waals surface area contributed by atoms with Gasteiger partial charge in [-0.1, -0.05) is 11.6 Å². The fraction of sp³-hybridized carbons (Fsp3) is 0.500. The molecule has 1 unspecified atom stereocenters. The molecule has 0 aromatic heterocycles. The third-order valence-electron chi connectivity index (χ3n) is 3.50. The van der Waals surface area contributed by atoms with Crippen LogP contribution in [0.4, 0.5) is 15.8 Å². The number of nitrogens with zero attached hydrogens (tertiary/aromatic N) is 1. The highest BCUT2D eigenvalue weighted by molar-refractivity contribution is 6.31. The van der Waals surface area contributed by atoms with Crippen LogP contribution in [0.3, 0.4) is 0 Å². The van der Waals surface area contributed by atoms with Crippen LogP contribution >= 0.6 is 11.6 Å². The third-order valence-corrected chi connectivity index (χ3v) is 3.79. The van der Waals surface area contributed by atoms with Gasteiger partial charge in [0.05, 0.1) is 16.4 Å². The fourth-order valence-corrected chi connectivity index (χ4v) is 2.84. The van der Waals surface area contributed by atoms with Crippen molar-refractivity contribution >= 4 is 23.0 Å². The second kappa shape index (κ2) is 3.81. The maximum Gasteiger partial charge on any atom is 0.144 e. The molecule has 2 aliphatic heterocycles. The molecule has 0 aliphatic carbocycles. The van der Waals surface area contributed by atoms with Crippen LogP contribution in [0.5, 0.6) is 0 Å². The van der Waals surface area contributed by atoms with E-state index in [2.05, 4.69) is 10.2 Å². The van der Waals surface area contributed by atoms with Crippen LogP contribution in [-0.2, 0) is 0 Å². The van der Waals surface area contributed by atoms with Crippen LogP contribution in [0.2, 0.25) is 5.02 Å². The molecule has 3 rings (SSSR count). The number of nitrogens with one attached hydrogen (secondary N) is 1. The number of halogens is 2. The van der Waals surface area contributed by atoms with Crippen LogP contribution in [0.25, 0.3) is 0 Å². The highest BCUT2D eigenvalue weighted by Crippen LogP contribution is 2.37. The predicted molar refractivity (Wildman–Crippen MR) is 64.9 cm³/mol. The van der Waals surface area contributed by atoms with Crippen molar-refractivity contribution < 1.29 is 4.39 Å². The standard InChI is InChI=1S/C12H14ClFN2/c13-9-5-11-12(6-10(9)14)16-4-2-1-3-8(16)7-15-11/h5-6,8,15H,1-4,7H2. The summed E-state index contributed by atoms with van der Waals surface area (Å²) in [5.74, 6) is -0.326. The first kappa shape index (κ1) is 10.2. The van der Waals surface area contributed by atoms with Gasteiger partial charge in [-0.2, -0.15) is 0 Å². The Labute approximate surface area is 99.4 Å². The van der Waals surface area contributed by atoms with E-state index in [0.717, 1.165) is 24.5 Å². The molecule has 0 amide bonds. The van der Waals surface area contributed by atoms with E-state index in [0.29, 0.717) is 6.04 Å². The summed E-state index contributed by atoms with van der Waals surface area (Å²) in [4.78, 5) is 2.31. The summed E-state index contributed by atoms with van der Waals surface area (Å²) in [6.45, 7) is 1.97. The van der Waals surface area contributed by atoms with Gasteiger partial charge in [-0.05, 0) is 25.3 Å². The van der Waals surface area contributed by atoms with Gasteiger partial charge in [0.2, 0.25) is 0 Å². The summed E-state index contributed by atoms with van der Waals surface area (Å²) >= 11 is 5.79. The summed E-state index contributed by atoms with van der Waals surface area (Å²) in [6.07, 6.45) is 3.66. The van der Waals surface area contributed by atoms with E-state index in [-0.39, 0.29) is 10.8 Å². The number of hydrogen-bond donors (Lipinski definition) is 1. The van der Waals surface area contributed by atoms with Gasteiger partial charge in [0.1, 0.15) is 5.82 Å². The van der Waals surface area contributed by atoms with Crippen LogP contribution in [-0.4, -0.2) is 19.1 Å². The quantitative estimate of drug-likeness (QED) is 0.749. The molecular formula is C12H14ClFN2. The van der Waals surface area contributed by atoms with E-state index < -0.39 is 0 Å². The molecule has 0 bridgehead atoms. The fourth-order valence-electron chi connectivity index (χ4n) is 2.67. The normalized spacial score (nSPS) is 23.4. The summed E-state index contributed by atoms with van der Waals surface area (Å²) in [7, 11) is 0. The Kier molecular flexibility index (Phi) is 2.43. The number of piperidine rings is 1. The lowest BCUT2D eigenvalue weighted by Gasteiger charge is -2.42. The second-order valence-corrected chi connectivity index (χ2v) is 4.91. The molecule has 1 aromatic carbocycles. The molecule has 1 fully saturated rings. The Hall–Kier alpha value is -0.960. The number of rotatable bonds is 0. The smallest absolute Gasteiger partial charge is 0.144 e. The average molecular weight is 241 g/mol. The molecule has 2 aliphatic rings. The Morgan fingerprint density at radius 3 is 3.12 bits per heavy atom. The molecule has 2 heterocycles. The zero-order valence-electron chi connectivity index (χ0n) is 8.97. The highest BCUT2D eigenvalue weighted by Gasteiger charge is 2.28. The van der Waals surface area contributed by atoms with E-state index in [4.69, 9.17) is 11.6 Å². The number of hydrogen-bond acceptors (Lipinski definition) is 2. The van der Waals surface area contributed by atoms with Crippen molar-refractivity contribution in [3.8, 4) is 0 Å². The first-order valence-electron chi connectivity index (χ1n) is 5.75. The van der Waals surface area contributed by atoms with Gasteiger partial charge in [0.15, 0.2) is 0 Å². The molecular weight excluding hydrogens is 227 g/mol. The summed E-state index contributed by atoms with van der Waals surface area (Å²) in [5, 5.41) is 3.53. The van der Waals surface area contributed by atoms with Crippen molar-refractivity contribution in [3.63, 3.8) is 0 Å². The minimum absolute atomic E-state index is 0.196. The van der Waals surface area contributed by atoms with Crippen molar-refractivity contribution in [1.82, 2.24) is 0 Å². The lowest BCUT2D eigenvalue weighted by Crippen LogP contribution is -2.47. The number of fused-ring (bicyclic) bond motifs is 3. The minimum Gasteiger partial charge on any atom is -0.381 e. The van der Waals surface area contributed by atoms with Crippen LogP contribution < -0.4 is 10.2 Å². The minimum atomic E-state index is -0.326.